The van der Waals surface area contributed by atoms with E-state index in [1.807, 2.05) is 0 Å². The van der Waals surface area contributed by atoms with Crippen LogP contribution in [0.25, 0.3) is 0 Å². The largest absolute Gasteiger partial charge is 0.332 e. The van der Waals surface area contributed by atoms with E-state index in [1.165, 1.54) is 0 Å². The molecule has 0 saturated heterocycles. The summed E-state index contributed by atoms with van der Waals surface area (Å²) in [5, 5.41) is 0. The summed E-state index contributed by atoms with van der Waals surface area (Å²) < 4.78 is 67.2. The molecule has 0 aromatic carbocycles. The maximum absolute atomic E-state index is 5.60. The van der Waals surface area contributed by atoms with E-state index in [4.69, 9.17) is 54.3 Å². The van der Waals surface area contributed by atoms with Crippen LogP contribution in [-0.4, -0.2) is 79.3 Å². The average molecular weight is 1100 g/mol. The summed E-state index contributed by atoms with van der Waals surface area (Å²) in [5.74, 6) is 0. The van der Waals surface area contributed by atoms with Gasteiger partial charge in [0.2, 0.25) is 0 Å². The van der Waals surface area contributed by atoms with E-state index in [0.717, 1.165) is 233 Å². The minimum Gasteiger partial charge on any atom is -0.312 e. The van der Waals surface area contributed by atoms with Crippen molar-refractivity contribution in [2.24, 2.45) is 0 Å². The molecule has 12 nitrogen and oxygen atoms in total. The Morgan fingerprint density at radius 2 is 0.246 bits per heavy atom. The van der Waals surface area contributed by atoms with Crippen LogP contribution in [0, 0.1) is 0 Å². The fraction of sp³-hybridized carbons (Fsp3) is 1.00. The van der Waals surface area contributed by atoms with Crippen molar-refractivity contribution < 1.29 is 73.8 Å². The summed E-state index contributed by atoms with van der Waals surface area (Å²) in [5.41, 5.74) is 0. The van der Waals surface area contributed by atoms with Gasteiger partial charge in [-0.2, -0.15) is 0 Å². The van der Waals surface area contributed by atoms with Crippen LogP contribution in [0.3, 0.4) is 0 Å². The second-order valence-corrected chi connectivity index (χ2v) is 20.0. The van der Waals surface area contributed by atoms with Gasteiger partial charge in [-0.3, -0.25) is 0 Å². The van der Waals surface area contributed by atoms with Gasteiger partial charge in [0, 0.05) is 19.5 Å². The Kier molecular flexibility index (Phi) is 84.4. The van der Waals surface area contributed by atoms with Gasteiger partial charge < -0.3 is 54.3 Å². The van der Waals surface area contributed by atoms with Gasteiger partial charge in [0.1, 0.15) is 0 Å². The zero-order valence-electron chi connectivity index (χ0n) is 44.5. The van der Waals surface area contributed by atoms with Crippen LogP contribution < -0.4 is 0 Å². The summed E-state index contributed by atoms with van der Waals surface area (Å²) in [6.45, 7) is 34.9. The van der Waals surface area contributed by atoms with Crippen molar-refractivity contribution in [3.63, 3.8) is 0 Å². The summed E-state index contributed by atoms with van der Waals surface area (Å²) in [4.78, 5) is 0. The molecule has 0 aliphatic carbocycles. The summed E-state index contributed by atoms with van der Waals surface area (Å²) in [7, 11) is -4.38. The Morgan fingerprint density at radius 1 is 0.169 bits per heavy atom. The van der Waals surface area contributed by atoms with Crippen LogP contribution in [0.1, 0.15) is 237 Å². The first-order valence-electron chi connectivity index (χ1n) is 26.1. The van der Waals surface area contributed by atoms with Crippen molar-refractivity contribution in [3.05, 3.63) is 0 Å². The molecule has 0 radical (unpaired) electrons. The number of hydrogen-bond acceptors (Lipinski definition) is 12. The van der Waals surface area contributed by atoms with Crippen LogP contribution in [0.5, 0.6) is 0 Å². The molecule has 0 aliphatic heterocycles. The summed E-state index contributed by atoms with van der Waals surface area (Å²) in [6, 6.07) is 0. The molecule has 0 bridgehead atoms. The zero-order chi connectivity index (χ0) is 48.3. The third-order valence-electron chi connectivity index (χ3n) is 8.34. The molecule has 17 heteroatoms. The van der Waals surface area contributed by atoms with Crippen molar-refractivity contribution >= 4 is 34.4 Å². The minimum absolute atomic E-state index is 0. The van der Waals surface area contributed by atoms with E-state index in [9.17, 15) is 0 Å². The second-order valence-electron chi connectivity index (χ2n) is 15.1. The van der Waals surface area contributed by atoms with Crippen molar-refractivity contribution in [1.29, 1.82) is 0 Å². The first-order valence-corrected chi connectivity index (χ1v) is 30.5. The van der Waals surface area contributed by atoms with E-state index in [2.05, 4.69) is 83.1 Å². The van der Waals surface area contributed by atoms with Crippen molar-refractivity contribution in [1.82, 2.24) is 0 Å². The van der Waals surface area contributed by atoms with Gasteiger partial charge in [-0.05, 0) is 77.0 Å². The fourth-order valence-electron chi connectivity index (χ4n) is 3.85. The van der Waals surface area contributed by atoms with Gasteiger partial charge in [-0.15, -0.1) is 0 Å². The van der Waals surface area contributed by atoms with E-state index in [-0.39, 0.29) is 19.5 Å². The molecule has 0 fully saturated rings. The normalized spacial score (nSPS) is 11.1. The van der Waals surface area contributed by atoms with Gasteiger partial charge >= 0.3 is 34.4 Å². The maximum atomic E-state index is 5.60. The summed E-state index contributed by atoms with van der Waals surface area (Å²) >= 11 is 0. The Balaban J connectivity index is -0.000000245. The molecule has 65 heavy (non-hydrogen) atoms. The van der Waals surface area contributed by atoms with Crippen molar-refractivity contribution in [3.8, 4) is 0 Å². The van der Waals surface area contributed by atoms with E-state index in [1.54, 1.807) is 0 Å². The van der Waals surface area contributed by atoms with Gasteiger partial charge in [0.05, 0.1) is 79.3 Å². The van der Waals surface area contributed by atoms with Gasteiger partial charge in [0.15, 0.2) is 0 Å². The van der Waals surface area contributed by atoms with Crippen LogP contribution in [0.15, 0.2) is 0 Å². The standard InChI is InChI=1S/4C12H27O3P.Ru/c4*1-4-7-10-13-16(14-11-8-5-2)15-12-9-6-3;/h4*4-12H2,1-3H3;. The number of hydrogen-bond donors (Lipinski definition) is 0. The van der Waals surface area contributed by atoms with Crippen LogP contribution >= 0.6 is 34.4 Å². The van der Waals surface area contributed by atoms with E-state index in [0.29, 0.717) is 0 Å². The molecular formula is C48H108O12P4Ru. The van der Waals surface area contributed by atoms with Gasteiger partial charge in [0.25, 0.3) is 0 Å². The van der Waals surface area contributed by atoms with E-state index >= 15 is 0 Å². The topological polar surface area (TPSA) is 111 Å². The Hall–Kier alpha value is 1.86. The predicted molar refractivity (Wildman–Crippen MR) is 278 cm³/mol. The molecule has 0 spiro atoms. The first kappa shape index (κ1) is 75.8. The Bertz CT molecular complexity index is 566. The van der Waals surface area contributed by atoms with Gasteiger partial charge in [-0.25, -0.2) is 0 Å². The van der Waals surface area contributed by atoms with Crippen molar-refractivity contribution in [2.45, 2.75) is 237 Å². The summed E-state index contributed by atoms with van der Waals surface area (Å²) in [6.07, 6.45) is 26.7. The molecule has 0 rings (SSSR count). The maximum Gasteiger partial charge on any atom is 0.332 e. The molecular weight excluding hydrogens is 993 g/mol. The minimum atomic E-state index is -1.10. The van der Waals surface area contributed by atoms with Crippen LogP contribution in [0.2, 0.25) is 0 Å². The molecule has 0 aromatic heterocycles. The Morgan fingerprint density at radius 3 is 0.308 bits per heavy atom. The number of unbranched alkanes of at least 4 members (excludes halogenated alkanes) is 12. The average Bonchev–Trinajstić information content (AvgIpc) is 3.30. The second kappa shape index (κ2) is 72.4. The molecule has 0 amide bonds. The molecule has 0 unspecified atom stereocenters. The molecule has 0 aliphatic rings. The molecule has 0 aromatic rings. The monoisotopic (exact) mass is 1100 g/mol. The molecule has 0 N–H and O–H groups in total. The Labute approximate surface area is 422 Å². The molecule has 0 heterocycles. The number of rotatable bonds is 48. The SMILES string of the molecule is CCCCOP(OCCCC)OCCCC.CCCCOP(OCCCC)OCCCC.CCCCOP(OCCCC)OCCCC.CCCCOP(OCCCC)OCCCC.[Ru]. The first-order chi connectivity index (χ1) is 31.4. The third kappa shape index (κ3) is 70.2. The van der Waals surface area contributed by atoms with Crippen LogP contribution in [0.4, 0.5) is 0 Å². The van der Waals surface area contributed by atoms with Crippen molar-refractivity contribution in [2.75, 3.05) is 79.3 Å². The fourth-order valence-corrected chi connectivity index (χ4v) is 8.08. The zero-order valence-corrected chi connectivity index (χ0v) is 49.8. The third-order valence-corrected chi connectivity index (χ3v) is 13.1. The quantitative estimate of drug-likeness (QED) is 0.0329. The molecule has 400 valence electrons. The molecule has 0 atom stereocenters. The predicted octanol–water partition coefficient (Wildman–Crippen LogP) is 18.7. The van der Waals surface area contributed by atoms with E-state index < -0.39 is 34.4 Å². The van der Waals surface area contributed by atoms with Crippen LogP contribution in [-0.2, 0) is 73.8 Å². The van der Waals surface area contributed by atoms with Gasteiger partial charge in [-0.1, -0.05) is 160 Å². The smallest absolute Gasteiger partial charge is 0.312 e. The molecule has 0 saturated carbocycles.